The largest absolute Gasteiger partial charge is 0.378 e. The molecule has 0 saturated carbocycles. The number of nitrogens with one attached hydrogen (secondary N) is 4. The summed E-state index contributed by atoms with van der Waals surface area (Å²) in [5, 5.41) is 11.5. The Morgan fingerprint density at radius 2 is 1.76 bits per heavy atom. The van der Waals surface area contributed by atoms with E-state index in [-0.39, 0.29) is 31.1 Å². The number of anilines is 3. The van der Waals surface area contributed by atoms with E-state index in [4.69, 9.17) is 4.74 Å². The zero-order valence-electron chi connectivity index (χ0n) is 23.8. The van der Waals surface area contributed by atoms with E-state index in [0.29, 0.717) is 55.5 Å². The van der Waals surface area contributed by atoms with Gasteiger partial charge in [0.15, 0.2) is 0 Å². The predicted octanol–water partition coefficient (Wildman–Crippen LogP) is 3.62. The Morgan fingerprint density at radius 1 is 1.00 bits per heavy atom. The Hall–Kier alpha value is -3.92. The van der Waals surface area contributed by atoms with Crippen LogP contribution in [0.4, 0.5) is 17.1 Å². The van der Waals surface area contributed by atoms with Crippen LogP contribution < -0.4 is 26.2 Å². The van der Waals surface area contributed by atoms with Crippen LogP contribution in [0.3, 0.4) is 0 Å². The summed E-state index contributed by atoms with van der Waals surface area (Å²) in [5.41, 5.74) is 2.70. The molecule has 2 aliphatic rings. The van der Waals surface area contributed by atoms with E-state index in [1.54, 1.807) is 12.1 Å². The number of hydrogen-bond acceptors (Lipinski definition) is 6. The average Bonchev–Trinajstić information content (AvgIpc) is 3.09. The molecule has 1 saturated heterocycles. The first-order valence-electron chi connectivity index (χ1n) is 14.7. The smallest absolute Gasteiger partial charge is 0.254 e. The first-order valence-corrected chi connectivity index (χ1v) is 14.7. The molecule has 2 heterocycles. The summed E-state index contributed by atoms with van der Waals surface area (Å²) >= 11 is 0. The fourth-order valence-corrected chi connectivity index (χ4v) is 5.07. The second kappa shape index (κ2) is 15.2. The number of amides is 4. The summed E-state index contributed by atoms with van der Waals surface area (Å²) in [6, 6.07) is 11.9. The van der Waals surface area contributed by atoms with Gasteiger partial charge < -0.3 is 30.9 Å². The summed E-state index contributed by atoms with van der Waals surface area (Å²) in [7, 11) is 0. The van der Waals surface area contributed by atoms with Gasteiger partial charge in [-0.15, -0.1) is 0 Å². The molecular weight excluding hydrogens is 522 g/mol. The molecule has 0 aliphatic carbocycles. The first kappa shape index (κ1) is 30.0. The normalized spacial score (nSPS) is 16.7. The van der Waals surface area contributed by atoms with E-state index in [1.165, 1.54) is 12.8 Å². The number of carbonyl (C=O) groups excluding carboxylic acids is 4. The van der Waals surface area contributed by atoms with Gasteiger partial charge in [0, 0.05) is 26.1 Å². The van der Waals surface area contributed by atoms with Gasteiger partial charge in [-0.1, -0.05) is 62.9 Å². The number of hydrogen-bond donors (Lipinski definition) is 4. The predicted molar refractivity (Wildman–Crippen MR) is 159 cm³/mol. The summed E-state index contributed by atoms with van der Waals surface area (Å²) in [6.45, 7) is 5.03. The summed E-state index contributed by atoms with van der Waals surface area (Å²) in [4.78, 5) is 53.7. The van der Waals surface area contributed by atoms with Gasteiger partial charge in [-0.25, -0.2) is 0 Å². The highest BCUT2D eigenvalue weighted by Crippen LogP contribution is 2.34. The van der Waals surface area contributed by atoms with Crippen LogP contribution in [-0.4, -0.2) is 62.5 Å². The number of morpholine rings is 1. The van der Waals surface area contributed by atoms with E-state index >= 15 is 0 Å². The molecule has 4 rings (SSSR count). The molecule has 1 atom stereocenters. The molecule has 2 aromatic rings. The van der Waals surface area contributed by atoms with Gasteiger partial charge in [-0.3, -0.25) is 19.2 Å². The second-order valence-electron chi connectivity index (χ2n) is 10.5. The average molecular weight is 564 g/mol. The van der Waals surface area contributed by atoms with Gasteiger partial charge in [0.2, 0.25) is 17.7 Å². The molecule has 2 aliphatic heterocycles. The van der Waals surface area contributed by atoms with Crippen LogP contribution in [-0.2, 0) is 25.5 Å². The minimum absolute atomic E-state index is 0.128. The number of nitrogens with zero attached hydrogens (tertiary/aromatic N) is 1. The summed E-state index contributed by atoms with van der Waals surface area (Å²) < 4.78 is 5.50. The lowest BCUT2D eigenvalue weighted by molar-refractivity contribution is -0.122. The van der Waals surface area contributed by atoms with Crippen molar-refractivity contribution in [3.8, 4) is 0 Å². The summed E-state index contributed by atoms with van der Waals surface area (Å²) in [6.07, 6.45) is 6.04. The zero-order valence-corrected chi connectivity index (χ0v) is 23.8. The lowest BCUT2D eigenvalue weighted by Gasteiger charge is -2.31. The molecule has 0 aromatic heterocycles. The first-order chi connectivity index (χ1) is 19.9. The second-order valence-corrected chi connectivity index (χ2v) is 10.5. The van der Waals surface area contributed by atoms with Crippen LogP contribution in [0, 0.1) is 0 Å². The van der Waals surface area contributed by atoms with Crippen LogP contribution in [0.25, 0.3) is 0 Å². The monoisotopic (exact) mass is 563 g/mol. The Bertz CT molecular complexity index is 1210. The molecule has 4 amide bonds. The van der Waals surface area contributed by atoms with E-state index < -0.39 is 17.9 Å². The molecule has 2 aromatic carbocycles. The van der Waals surface area contributed by atoms with Gasteiger partial charge in [-0.2, -0.15) is 0 Å². The van der Waals surface area contributed by atoms with Crippen LogP contribution in [0.2, 0.25) is 0 Å². The molecule has 1 fully saturated rings. The zero-order chi connectivity index (χ0) is 29.0. The third-order valence-electron chi connectivity index (χ3n) is 7.36. The quantitative estimate of drug-likeness (QED) is 0.276. The molecule has 0 radical (unpaired) electrons. The fourth-order valence-electron chi connectivity index (χ4n) is 5.07. The number of fused-ring (bicyclic) bond motifs is 1. The maximum Gasteiger partial charge on any atom is 0.254 e. The molecule has 4 N–H and O–H groups in total. The molecule has 220 valence electrons. The van der Waals surface area contributed by atoms with Crippen LogP contribution in [0.15, 0.2) is 42.5 Å². The van der Waals surface area contributed by atoms with Crippen molar-refractivity contribution in [2.45, 2.75) is 64.3 Å². The number of ether oxygens (including phenoxy) is 1. The van der Waals surface area contributed by atoms with Crippen molar-refractivity contribution < 1.29 is 23.9 Å². The van der Waals surface area contributed by atoms with Crippen LogP contribution in [0.5, 0.6) is 0 Å². The topological polar surface area (TPSA) is 129 Å². The Kier molecular flexibility index (Phi) is 11.1. The van der Waals surface area contributed by atoms with Crippen molar-refractivity contribution in [2.75, 3.05) is 48.4 Å². The van der Waals surface area contributed by atoms with Gasteiger partial charge in [0.05, 0.1) is 42.3 Å². The molecular formula is C31H41N5O5. The lowest BCUT2D eigenvalue weighted by Crippen LogP contribution is -2.42. The van der Waals surface area contributed by atoms with Crippen molar-refractivity contribution in [3.63, 3.8) is 0 Å². The Balaban J connectivity index is 1.44. The van der Waals surface area contributed by atoms with Gasteiger partial charge in [0.25, 0.3) is 5.91 Å². The molecule has 41 heavy (non-hydrogen) atoms. The van der Waals surface area contributed by atoms with E-state index in [2.05, 4.69) is 33.1 Å². The van der Waals surface area contributed by atoms with Crippen molar-refractivity contribution in [1.82, 2.24) is 10.6 Å². The lowest BCUT2D eigenvalue weighted by atomic mass is 10.1. The number of carbonyl (C=O) groups is 4. The Morgan fingerprint density at radius 3 is 2.51 bits per heavy atom. The highest BCUT2D eigenvalue weighted by atomic mass is 16.5. The van der Waals surface area contributed by atoms with Crippen molar-refractivity contribution in [3.05, 3.63) is 53.6 Å². The van der Waals surface area contributed by atoms with Gasteiger partial charge in [0.1, 0.15) is 6.04 Å². The maximum absolute atomic E-state index is 13.3. The summed E-state index contributed by atoms with van der Waals surface area (Å²) in [5.74, 6) is -1.15. The minimum Gasteiger partial charge on any atom is -0.378 e. The highest BCUT2D eigenvalue weighted by Gasteiger charge is 2.30. The molecule has 0 spiro atoms. The highest BCUT2D eigenvalue weighted by molar-refractivity contribution is 6.12. The van der Waals surface area contributed by atoms with Crippen molar-refractivity contribution in [2.24, 2.45) is 0 Å². The standard InChI is InChI=1S/C31H41N5O5/c1-2-3-4-5-9-14-32-28(37)13-12-24-31(40)35-25-21-26(33-29(38)19-22-10-7-6-8-11-22)27(20-23(25)30(39)34-24)36-15-17-41-18-16-36/h6-8,10-11,20-21,24H,2-5,9,12-19H2,1H3,(H,32,37)(H,33,38)(H,34,39)(H,35,40)/t24-/m1/s1. The third kappa shape index (κ3) is 8.78. The molecule has 0 bridgehead atoms. The van der Waals surface area contributed by atoms with Crippen molar-refractivity contribution in [1.29, 1.82) is 0 Å². The number of rotatable bonds is 13. The molecule has 10 nitrogen and oxygen atoms in total. The molecule has 0 unspecified atom stereocenters. The van der Waals surface area contributed by atoms with Gasteiger partial charge >= 0.3 is 0 Å². The van der Waals surface area contributed by atoms with E-state index in [1.807, 2.05) is 30.3 Å². The SMILES string of the molecule is CCCCCCCNC(=O)CC[C@H]1NC(=O)c2cc(N3CCOCC3)c(NC(=O)Cc3ccccc3)cc2NC1=O. The number of benzene rings is 2. The fraction of sp³-hybridized carbons (Fsp3) is 0.484. The van der Waals surface area contributed by atoms with Gasteiger partial charge in [-0.05, 0) is 30.5 Å². The van der Waals surface area contributed by atoms with Crippen LogP contribution in [0.1, 0.15) is 67.8 Å². The van der Waals surface area contributed by atoms with Crippen LogP contribution >= 0.6 is 0 Å². The Labute approximate surface area is 241 Å². The minimum atomic E-state index is -0.854. The number of unbranched alkanes of at least 4 members (excludes halogenated alkanes) is 4. The van der Waals surface area contributed by atoms with Crippen molar-refractivity contribution >= 4 is 40.7 Å². The molecule has 10 heteroatoms. The third-order valence-corrected chi connectivity index (χ3v) is 7.36. The van der Waals surface area contributed by atoms with E-state index in [9.17, 15) is 19.2 Å². The van der Waals surface area contributed by atoms with E-state index in [0.717, 1.165) is 24.8 Å². The maximum atomic E-state index is 13.3.